The first kappa shape index (κ1) is 14.3. The predicted octanol–water partition coefficient (Wildman–Crippen LogP) is 2.25. The summed E-state index contributed by atoms with van der Waals surface area (Å²) in [6, 6.07) is 13.3. The van der Waals surface area contributed by atoms with Crippen molar-refractivity contribution in [1.82, 2.24) is 24.7 Å². The van der Waals surface area contributed by atoms with Crippen LogP contribution in [0.3, 0.4) is 0 Å². The zero-order valence-corrected chi connectivity index (χ0v) is 12.9. The highest BCUT2D eigenvalue weighted by molar-refractivity contribution is 5.93. The molecule has 0 atom stereocenters. The normalized spacial score (nSPS) is 11.0. The predicted molar refractivity (Wildman–Crippen MR) is 90.8 cm³/mol. The number of rotatable bonds is 4. The zero-order valence-electron chi connectivity index (χ0n) is 12.9. The molecule has 1 aromatic carbocycles. The van der Waals surface area contributed by atoms with E-state index in [4.69, 9.17) is 0 Å². The largest absolute Gasteiger partial charge is 0.350 e. The van der Waals surface area contributed by atoms with E-state index in [9.17, 15) is 4.79 Å². The lowest BCUT2D eigenvalue weighted by atomic mass is 10.3. The van der Waals surface area contributed by atoms with Crippen LogP contribution in [0.4, 0.5) is 0 Å². The molecule has 0 saturated heterocycles. The number of hydrogen-bond acceptors (Lipinski definition) is 4. The Labute approximate surface area is 138 Å². The van der Waals surface area contributed by atoms with Gasteiger partial charge in [-0.15, -0.1) is 0 Å². The van der Waals surface area contributed by atoms with Crippen LogP contribution in [-0.4, -0.2) is 31.8 Å². The van der Waals surface area contributed by atoms with E-state index in [1.807, 2.05) is 59.3 Å². The fraction of sp³-hybridized carbons (Fsp3) is 0.111. The molecule has 0 bridgehead atoms. The van der Waals surface area contributed by atoms with Gasteiger partial charge in [-0.3, -0.25) is 9.78 Å². The first-order valence-electron chi connectivity index (χ1n) is 7.72. The smallest absolute Gasteiger partial charge is 0.271 e. The Bertz CT molecular complexity index is 991. The topological polar surface area (TPSA) is 72.2 Å². The fourth-order valence-corrected chi connectivity index (χ4v) is 2.57. The molecule has 0 aliphatic heterocycles. The van der Waals surface area contributed by atoms with Crippen LogP contribution < -0.4 is 5.32 Å². The first-order valence-corrected chi connectivity index (χ1v) is 7.72. The third-order valence-electron chi connectivity index (χ3n) is 3.76. The quantitative estimate of drug-likeness (QED) is 0.626. The van der Waals surface area contributed by atoms with Gasteiger partial charge < -0.3 is 9.72 Å². The minimum Gasteiger partial charge on any atom is -0.350 e. The number of carbonyl (C=O) groups is 1. The van der Waals surface area contributed by atoms with E-state index in [-0.39, 0.29) is 5.91 Å². The van der Waals surface area contributed by atoms with Crippen LogP contribution in [0.15, 0.2) is 61.1 Å². The van der Waals surface area contributed by atoms with Gasteiger partial charge in [0, 0.05) is 25.4 Å². The van der Waals surface area contributed by atoms with Crippen molar-refractivity contribution in [3.63, 3.8) is 0 Å². The Kier molecular flexibility index (Phi) is 3.63. The third-order valence-corrected chi connectivity index (χ3v) is 3.76. The van der Waals surface area contributed by atoms with Crippen molar-refractivity contribution in [2.45, 2.75) is 6.42 Å². The van der Waals surface area contributed by atoms with Gasteiger partial charge >= 0.3 is 0 Å². The van der Waals surface area contributed by atoms with E-state index >= 15 is 0 Å². The Morgan fingerprint density at radius 1 is 1.04 bits per heavy atom. The van der Waals surface area contributed by atoms with Gasteiger partial charge in [-0.1, -0.05) is 18.2 Å². The lowest BCUT2D eigenvalue weighted by Crippen LogP contribution is -2.26. The van der Waals surface area contributed by atoms with Gasteiger partial charge in [0.25, 0.3) is 5.91 Å². The number of fused-ring (bicyclic) bond motifs is 2. The van der Waals surface area contributed by atoms with Crippen molar-refractivity contribution in [3.8, 4) is 0 Å². The molecule has 0 saturated carbocycles. The second kappa shape index (κ2) is 6.08. The summed E-state index contributed by atoms with van der Waals surface area (Å²) in [6.07, 6.45) is 6.09. The maximum absolute atomic E-state index is 12.2. The molecule has 1 N–H and O–H groups in total. The summed E-state index contributed by atoms with van der Waals surface area (Å²) in [6.45, 7) is 0.497. The van der Waals surface area contributed by atoms with Crippen molar-refractivity contribution in [2.75, 3.05) is 6.54 Å². The molecule has 4 aromatic rings. The highest BCUT2D eigenvalue weighted by Crippen LogP contribution is 2.08. The van der Waals surface area contributed by atoms with Gasteiger partial charge in [-0.05, 0) is 24.3 Å². The zero-order chi connectivity index (χ0) is 16.4. The molecule has 0 aliphatic carbocycles. The molecule has 0 spiro atoms. The lowest BCUT2D eigenvalue weighted by Gasteiger charge is -2.04. The minimum atomic E-state index is -0.225. The van der Waals surface area contributed by atoms with Crippen molar-refractivity contribution in [2.24, 2.45) is 0 Å². The van der Waals surface area contributed by atoms with Crippen LogP contribution in [0, 0.1) is 0 Å². The Morgan fingerprint density at radius 2 is 1.88 bits per heavy atom. The van der Waals surface area contributed by atoms with Gasteiger partial charge in [0.05, 0.1) is 22.9 Å². The lowest BCUT2D eigenvalue weighted by molar-refractivity contribution is 0.0949. The molecule has 3 aromatic heterocycles. The molecule has 3 heterocycles. The Morgan fingerprint density at radius 3 is 2.75 bits per heavy atom. The van der Waals surface area contributed by atoms with E-state index in [2.05, 4.69) is 20.3 Å². The molecule has 1 amide bonds. The van der Waals surface area contributed by atoms with Crippen molar-refractivity contribution in [1.29, 1.82) is 0 Å². The number of amides is 1. The summed E-state index contributed by atoms with van der Waals surface area (Å²) in [5.74, 6) is -0.225. The maximum Gasteiger partial charge on any atom is 0.271 e. The second-order valence-electron chi connectivity index (χ2n) is 5.45. The molecular formula is C18H15N5O. The Balaban J connectivity index is 1.41. The molecule has 0 fully saturated rings. The molecular weight excluding hydrogens is 302 g/mol. The average Bonchev–Trinajstić information content (AvgIpc) is 3.04. The standard InChI is InChI=1S/C18H15N5O/c24-18(16-11-20-14-5-1-2-6-15(14)22-16)19-9-8-13-12-23-10-4-3-7-17(23)21-13/h1-7,10-12H,8-9H2,(H,19,24). The van der Waals surface area contributed by atoms with Gasteiger partial charge in [0.2, 0.25) is 0 Å². The molecule has 0 unspecified atom stereocenters. The third kappa shape index (κ3) is 2.81. The van der Waals surface area contributed by atoms with Crippen LogP contribution in [0.5, 0.6) is 0 Å². The molecule has 0 aliphatic rings. The first-order chi connectivity index (χ1) is 11.8. The fourth-order valence-electron chi connectivity index (χ4n) is 2.57. The minimum absolute atomic E-state index is 0.225. The number of imidazole rings is 1. The molecule has 118 valence electrons. The molecule has 6 nitrogen and oxygen atoms in total. The van der Waals surface area contributed by atoms with Gasteiger partial charge in [0.15, 0.2) is 0 Å². The second-order valence-corrected chi connectivity index (χ2v) is 5.45. The summed E-state index contributed by atoms with van der Waals surface area (Å²) in [7, 11) is 0. The summed E-state index contributed by atoms with van der Waals surface area (Å²) in [5.41, 5.74) is 3.65. The number of benzene rings is 1. The monoisotopic (exact) mass is 317 g/mol. The van der Waals surface area contributed by atoms with Crippen molar-refractivity contribution >= 4 is 22.6 Å². The Hall–Kier alpha value is -3.28. The van der Waals surface area contributed by atoms with E-state index in [1.165, 1.54) is 6.20 Å². The summed E-state index contributed by atoms with van der Waals surface area (Å²) in [5, 5.41) is 2.87. The van der Waals surface area contributed by atoms with Crippen LogP contribution in [0.2, 0.25) is 0 Å². The summed E-state index contributed by atoms with van der Waals surface area (Å²) >= 11 is 0. The molecule has 24 heavy (non-hydrogen) atoms. The SMILES string of the molecule is O=C(NCCc1cn2ccccc2n1)c1cnc2ccccc2n1. The van der Waals surface area contributed by atoms with Crippen LogP contribution >= 0.6 is 0 Å². The van der Waals surface area contributed by atoms with Crippen LogP contribution in [-0.2, 0) is 6.42 Å². The number of aromatic nitrogens is 4. The van der Waals surface area contributed by atoms with Crippen molar-refractivity contribution < 1.29 is 4.79 Å². The number of carbonyl (C=O) groups excluding carboxylic acids is 1. The van der Waals surface area contributed by atoms with E-state index < -0.39 is 0 Å². The van der Waals surface area contributed by atoms with Gasteiger partial charge in [0.1, 0.15) is 11.3 Å². The molecule has 4 rings (SSSR count). The molecule has 0 radical (unpaired) electrons. The van der Waals surface area contributed by atoms with Gasteiger partial charge in [-0.2, -0.15) is 0 Å². The number of nitrogens with one attached hydrogen (secondary N) is 1. The van der Waals surface area contributed by atoms with Crippen molar-refractivity contribution in [3.05, 3.63) is 72.4 Å². The summed E-state index contributed by atoms with van der Waals surface area (Å²) < 4.78 is 1.96. The number of nitrogens with zero attached hydrogens (tertiary/aromatic N) is 4. The highest BCUT2D eigenvalue weighted by atomic mass is 16.1. The number of para-hydroxylation sites is 2. The van der Waals surface area contributed by atoms with E-state index in [0.717, 1.165) is 16.9 Å². The summed E-state index contributed by atoms with van der Waals surface area (Å²) in [4.78, 5) is 25.3. The van der Waals surface area contributed by atoms with Crippen LogP contribution in [0.25, 0.3) is 16.7 Å². The van der Waals surface area contributed by atoms with Gasteiger partial charge in [-0.25, -0.2) is 9.97 Å². The van der Waals surface area contributed by atoms with Crippen LogP contribution in [0.1, 0.15) is 16.2 Å². The van der Waals surface area contributed by atoms with E-state index in [1.54, 1.807) is 0 Å². The molecule has 6 heteroatoms. The highest BCUT2D eigenvalue weighted by Gasteiger charge is 2.09. The maximum atomic E-state index is 12.2. The number of hydrogen-bond donors (Lipinski definition) is 1. The number of pyridine rings is 1. The average molecular weight is 317 g/mol. The van der Waals surface area contributed by atoms with E-state index in [0.29, 0.717) is 24.2 Å².